The zero-order chi connectivity index (χ0) is 16.2. The lowest BCUT2D eigenvalue weighted by atomic mass is 10.1. The number of rotatable bonds is 4. The Labute approximate surface area is 137 Å². The molecule has 0 bridgehead atoms. The van der Waals surface area contributed by atoms with Gasteiger partial charge in [-0.05, 0) is 37.6 Å². The summed E-state index contributed by atoms with van der Waals surface area (Å²) < 4.78 is 0. The van der Waals surface area contributed by atoms with Gasteiger partial charge in [-0.3, -0.25) is 14.5 Å². The lowest BCUT2D eigenvalue weighted by Crippen LogP contribution is -2.30. The molecule has 1 atom stereocenters. The summed E-state index contributed by atoms with van der Waals surface area (Å²) in [6.07, 6.45) is 4.14. The summed E-state index contributed by atoms with van der Waals surface area (Å²) >= 11 is 0. The molecule has 2 fully saturated rings. The molecule has 5 nitrogen and oxygen atoms in total. The average Bonchev–Trinajstić information content (AvgIpc) is 2.90. The zero-order valence-electron chi connectivity index (χ0n) is 13.8. The largest absolute Gasteiger partial charge is 0.345 e. The van der Waals surface area contributed by atoms with Gasteiger partial charge >= 0.3 is 0 Å². The number of likely N-dealkylation sites (tertiary alicyclic amines) is 2. The van der Waals surface area contributed by atoms with Gasteiger partial charge in [0, 0.05) is 32.2 Å². The molecule has 2 saturated heterocycles. The summed E-state index contributed by atoms with van der Waals surface area (Å²) in [4.78, 5) is 28.1. The third-order valence-electron chi connectivity index (χ3n) is 4.83. The Bertz CT molecular complexity index is 581. The summed E-state index contributed by atoms with van der Waals surface area (Å²) in [5.74, 6) is -0.240. The topological polar surface area (TPSA) is 52.7 Å². The van der Waals surface area contributed by atoms with E-state index < -0.39 is 0 Å². The van der Waals surface area contributed by atoms with Crippen LogP contribution in [-0.2, 0) is 16.1 Å². The third kappa shape index (κ3) is 3.91. The smallest absolute Gasteiger partial charge is 0.229 e. The van der Waals surface area contributed by atoms with Gasteiger partial charge in [0.15, 0.2) is 0 Å². The highest BCUT2D eigenvalue weighted by molar-refractivity contribution is 5.97. The molecule has 0 saturated carbocycles. The quantitative estimate of drug-likeness (QED) is 0.925. The molecule has 5 heteroatoms. The van der Waals surface area contributed by atoms with Crippen molar-refractivity contribution in [2.75, 3.05) is 32.0 Å². The number of piperidine rings is 1. The predicted molar refractivity (Wildman–Crippen MR) is 89.9 cm³/mol. The predicted octanol–water partition coefficient (Wildman–Crippen LogP) is 2.09. The van der Waals surface area contributed by atoms with Crippen LogP contribution in [0.15, 0.2) is 24.3 Å². The molecule has 1 aromatic carbocycles. The van der Waals surface area contributed by atoms with Crippen molar-refractivity contribution in [1.29, 1.82) is 0 Å². The van der Waals surface area contributed by atoms with Crippen LogP contribution >= 0.6 is 0 Å². The molecule has 0 aromatic heterocycles. The fourth-order valence-electron chi connectivity index (χ4n) is 3.41. The van der Waals surface area contributed by atoms with Crippen molar-refractivity contribution in [2.24, 2.45) is 5.92 Å². The van der Waals surface area contributed by atoms with Crippen molar-refractivity contribution in [3.05, 3.63) is 29.8 Å². The summed E-state index contributed by atoms with van der Waals surface area (Å²) in [7, 11) is 1.75. The molecule has 2 amide bonds. The molecule has 23 heavy (non-hydrogen) atoms. The van der Waals surface area contributed by atoms with E-state index in [-0.39, 0.29) is 17.7 Å². The number of benzene rings is 1. The van der Waals surface area contributed by atoms with Crippen LogP contribution in [0.1, 0.15) is 31.2 Å². The Morgan fingerprint density at radius 2 is 1.96 bits per heavy atom. The number of nitrogens with one attached hydrogen (secondary N) is 1. The van der Waals surface area contributed by atoms with Crippen molar-refractivity contribution in [2.45, 2.75) is 32.2 Å². The van der Waals surface area contributed by atoms with E-state index in [9.17, 15) is 9.59 Å². The Balaban J connectivity index is 1.65. The van der Waals surface area contributed by atoms with Crippen LogP contribution < -0.4 is 5.32 Å². The molecule has 1 aromatic rings. The Morgan fingerprint density at radius 1 is 1.22 bits per heavy atom. The Morgan fingerprint density at radius 3 is 2.65 bits per heavy atom. The first-order valence-corrected chi connectivity index (χ1v) is 8.48. The Hall–Kier alpha value is -1.88. The first kappa shape index (κ1) is 16.0. The first-order chi connectivity index (χ1) is 11.1. The normalized spacial score (nSPS) is 22.4. The van der Waals surface area contributed by atoms with Gasteiger partial charge in [0.25, 0.3) is 0 Å². The maximum Gasteiger partial charge on any atom is 0.229 e. The number of carbonyl (C=O) groups is 2. The molecule has 1 unspecified atom stereocenters. The SMILES string of the molecule is CN1CC(C(=O)Nc2ccccc2CN2CCCCC2)CC1=O. The van der Waals surface area contributed by atoms with Gasteiger partial charge < -0.3 is 10.2 Å². The van der Waals surface area contributed by atoms with E-state index in [0.29, 0.717) is 13.0 Å². The van der Waals surface area contributed by atoms with Gasteiger partial charge in [0.05, 0.1) is 5.92 Å². The van der Waals surface area contributed by atoms with E-state index in [1.807, 2.05) is 18.2 Å². The average molecular weight is 315 g/mol. The zero-order valence-corrected chi connectivity index (χ0v) is 13.8. The molecule has 0 radical (unpaired) electrons. The van der Waals surface area contributed by atoms with E-state index in [1.54, 1.807) is 11.9 Å². The molecule has 0 aliphatic carbocycles. The standard InChI is InChI=1S/C18H25N3O2/c1-20-12-15(11-17(20)22)18(23)19-16-8-4-3-7-14(16)13-21-9-5-2-6-10-21/h3-4,7-8,15H,2,5-6,9-13H2,1H3,(H,19,23). The highest BCUT2D eigenvalue weighted by Crippen LogP contribution is 2.22. The minimum Gasteiger partial charge on any atom is -0.345 e. The minimum atomic E-state index is -0.240. The van der Waals surface area contributed by atoms with Crippen LogP contribution in [0.25, 0.3) is 0 Å². The van der Waals surface area contributed by atoms with Crippen LogP contribution in [0.3, 0.4) is 0 Å². The highest BCUT2D eigenvalue weighted by Gasteiger charge is 2.32. The van der Waals surface area contributed by atoms with Crippen LogP contribution in [0.4, 0.5) is 5.69 Å². The van der Waals surface area contributed by atoms with Crippen molar-refractivity contribution < 1.29 is 9.59 Å². The summed E-state index contributed by atoms with van der Waals surface area (Å²) in [5, 5.41) is 3.04. The number of hydrogen-bond donors (Lipinski definition) is 1. The minimum absolute atomic E-state index is 0.0474. The molecule has 1 N–H and O–H groups in total. The number of anilines is 1. The molecule has 2 heterocycles. The van der Waals surface area contributed by atoms with E-state index in [0.717, 1.165) is 30.9 Å². The monoisotopic (exact) mass is 315 g/mol. The van der Waals surface area contributed by atoms with Crippen LogP contribution in [0.2, 0.25) is 0 Å². The number of hydrogen-bond acceptors (Lipinski definition) is 3. The first-order valence-electron chi connectivity index (χ1n) is 8.48. The molecule has 0 spiro atoms. The molecular weight excluding hydrogens is 290 g/mol. The van der Waals surface area contributed by atoms with Gasteiger partial charge in [-0.2, -0.15) is 0 Å². The van der Waals surface area contributed by atoms with Crippen molar-refractivity contribution in [3.8, 4) is 0 Å². The molecule has 2 aliphatic rings. The Kier molecular flexibility index (Phi) is 4.96. The fraction of sp³-hybridized carbons (Fsp3) is 0.556. The van der Waals surface area contributed by atoms with Gasteiger partial charge in [-0.25, -0.2) is 0 Å². The lowest BCUT2D eigenvalue weighted by Gasteiger charge is -2.27. The number of para-hydroxylation sites is 1. The van der Waals surface area contributed by atoms with Gasteiger partial charge in [0.2, 0.25) is 11.8 Å². The maximum absolute atomic E-state index is 12.4. The van der Waals surface area contributed by atoms with Crippen molar-refractivity contribution >= 4 is 17.5 Å². The second-order valence-corrected chi connectivity index (χ2v) is 6.66. The number of amides is 2. The number of carbonyl (C=O) groups excluding carboxylic acids is 2. The lowest BCUT2D eigenvalue weighted by molar-refractivity contribution is -0.127. The number of nitrogens with zero attached hydrogens (tertiary/aromatic N) is 2. The van der Waals surface area contributed by atoms with Crippen LogP contribution in [-0.4, -0.2) is 48.3 Å². The molecule has 3 rings (SSSR count). The second-order valence-electron chi connectivity index (χ2n) is 6.66. The van der Waals surface area contributed by atoms with E-state index in [4.69, 9.17) is 0 Å². The van der Waals surface area contributed by atoms with Crippen LogP contribution in [0.5, 0.6) is 0 Å². The summed E-state index contributed by atoms with van der Waals surface area (Å²) in [6, 6.07) is 8.00. The van der Waals surface area contributed by atoms with Crippen LogP contribution in [0, 0.1) is 5.92 Å². The summed E-state index contributed by atoms with van der Waals surface area (Å²) in [5.41, 5.74) is 2.03. The second kappa shape index (κ2) is 7.13. The molecular formula is C18H25N3O2. The molecule has 124 valence electrons. The highest BCUT2D eigenvalue weighted by atomic mass is 16.2. The fourth-order valence-corrected chi connectivity index (χ4v) is 3.41. The third-order valence-corrected chi connectivity index (χ3v) is 4.83. The van der Waals surface area contributed by atoms with Crippen molar-refractivity contribution in [3.63, 3.8) is 0 Å². The van der Waals surface area contributed by atoms with Crippen molar-refractivity contribution in [1.82, 2.24) is 9.80 Å². The van der Waals surface area contributed by atoms with E-state index in [2.05, 4.69) is 16.3 Å². The van der Waals surface area contributed by atoms with Gasteiger partial charge in [-0.1, -0.05) is 24.6 Å². The summed E-state index contributed by atoms with van der Waals surface area (Å²) in [6.45, 7) is 3.65. The van der Waals surface area contributed by atoms with Gasteiger partial charge in [0.1, 0.15) is 0 Å². The van der Waals surface area contributed by atoms with Gasteiger partial charge in [-0.15, -0.1) is 0 Å². The maximum atomic E-state index is 12.4. The van der Waals surface area contributed by atoms with E-state index >= 15 is 0 Å². The van der Waals surface area contributed by atoms with E-state index in [1.165, 1.54) is 19.3 Å². The molecule has 2 aliphatic heterocycles.